The third-order valence-electron chi connectivity index (χ3n) is 3.22. The van der Waals surface area contributed by atoms with Crippen molar-refractivity contribution in [3.8, 4) is 0 Å². The number of likely N-dealkylation sites (tertiary alicyclic amines) is 1. The maximum absolute atomic E-state index is 11.5. The number of aryl methyl sites for hydroxylation is 1. The molecule has 1 aliphatic rings. The summed E-state index contributed by atoms with van der Waals surface area (Å²) in [6.07, 6.45) is 1.05. The molecule has 6 heteroatoms. The first-order valence-corrected chi connectivity index (χ1v) is 7.48. The molecule has 2 rings (SSSR count). The lowest BCUT2D eigenvalue weighted by atomic mass is 10.3. The first-order chi connectivity index (χ1) is 9.04. The van der Waals surface area contributed by atoms with Gasteiger partial charge in [0, 0.05) is 38.0 Å². The average Bonchev–Trinajstić information content (AvgIpc) is 2.89. The number of nitrogens with zero attached hydrogens (tertiary/aromatic N) is 3. The van der Waals surface area contributed by atoms with Crippen LogP contribution in [-0.4, -0.2) is 58.6 Å². The number of hydrogen-bond acceptors (Lipinski definition) is 5. The Hall–Kier alpha value is -0.980. The molecular formula is C13H21N3O2S. The molecule has 1 aromatic rings. The fourth-order valence-corrected chi connectivity index (χ4v) is 2.99. The molecule has 0 saturated carbocycles. The Morgan fingerprint density at radius 3 is 3.00 bits per heavy atom. The van der Waals surface area contributed by atoms with Crippen LogP contribution in [0.4, 0.5) is 0 Å². The Labute approximate surface area is 117 Å². The summed E-state index contributed by atoms with van der Waals surface area (Å²) < 4.78 is 0. The van der Waals surface area contributed by atoms with Crippen molar-refractivity contribution in [1.29, 1.82) is 0 Å². The van der Waals surface area contributed by atoms with Gasteiger partial charge < -0.3 is 10.0 Å². The van der Waals surface area contributed by atoms with Gasteiger partial charge in [-0.25, -0.2) is 4.98 Å². The summed E-state index contributed by atoms with van der Waals surface area (Å²) in [4.78, 5) is 19.7. The van der Waals surface area contributed by atoms with Crippen LogP contribution in [0.15, 0.2) is 5.38 Å². The largest absolute Gasteiger partial charge is 0.390 e. The molecule has 1 aliphatic heterocycles. The number of aliphatic hydroxyl groups excluding tert-OH is 1. The molecule has 106 valence electrons. The van der Waals surface area contributed by atoms with E-state index in [1.54, 1.807) is 16.2 Å². The van der Waals surface area contributed by atoms with Gasteiger partial charge in [-0.05, 0) is 20.4 Å². The quantitative estimate of drug-likeness (QED) is 0.841. The van der Waals surface area contributed by atoms with Crippen molar-refractivity contribution >= 4 is 17.2 Å². The molecule has 1 saturated heterocycles. The predicted octanol–water partition coefficient (Wildman–Crippen LogP) is 0.867. The number of rotatable bonds is 6. The highest BCUT2D eigenvalue weighted by Gasteiger charge is 2.23. The van der Waals surface area contributed by atoms with Crippen LogP contribution in [0.1, 0.15) is 23.5 Å². The van der Waals surface area contributed by atoms with E-state index in [0.29, 0.717) is 19.5 Å². The van der Waals surface area contributed by atoms with Gasteiger partial charge >= 0.3 is 0 Å². The van der Waals surface area contributed by atoms with Crippen molar-refractivity contribution in [1.82, 2.24) is 14.8 Å². The van der Waals surface area contributed by atoms with Gasteiger partial charge in [0.15, 0.2) is 0 Å². The van der Waals surface area contributed by atoms with Crippen LogP contribution in [0.3, 0.4) is 0 Å². The van der Waals surface area contributed by atoms with Crippen LogP contribution in [0.2, 0.25) is 0 Å². The zero-order valence-corrected chi connectivity index (χ0v) is 12.3. The van der Waals surface area contributed by atoms with Crippen molar-refractivity contribution in [2.75, 3.05) is 26.7 Å². The molecule has 1 amide bonds. The zero-order chi connectivity index (χ0) is 13.8. The van der Waals surface area contributed by atoms with E-state index in [1.165, 1.54) is 0 Å². The van der Waals surface area contributed by atoms with E-state index in [0.717, 1.165) is 30.2 Å². The monoisotopic (exact) mass is 283 g/mol. The Morgan fingerprint density at radius 2 is 2.42 bits per heavy atom. The van der Waals surface area contributed by atoms with Crippen molar-refractivity contribution in [2.45, 2.75) is 32.4 Å². The third kappa shape index (κ3) is 4.26. The van der Waals surface area contributed by atoms with E-state index in [2.05, 4.69) is 4.98 Å². The number of aliphatic hydroxyl groups is 1. The van der Waals surface area contributed by atoms with Gasteiger partial charge in [-0.3, -0.25) is 9.69 Å². The van der Waals surface area contributed by atoms with Gasteiger partial charge in [0.25, 0.3) is 0 Å². The molecule has 0 spiro atoms. The van der Waals surface area contributed by atoms with Gasteiger partial charge in [-0.1, -0.05) is 0 Å². The number of hydrogen-bond donors (Lipinski definition) is 1. The number of amides is 1. The highest BCUT2D eigenvalue weighted by molar-refractivity contribution is 7.09. The van der Waals surface area contributed by atoms with Gasteiger partial charge in [0.05, 0.1) is 16.8 Å². The molecule has 1 aromatic heterocycles. The highest BCUT2D eigenvalue weighted by Crippen LogP contribution is 2.12. The second-order valence-corrected chi connectivity index (χ2v) is 6.21. The van der Waals surface area contributed by atoms with E-state index < -0.39 is 6.10 Å². The minimum atomic E-state index is -0.494. The Balaban J connectivity index is 1.75. The number of carbonyl (C=O) groups is 1. The summed E-state index contributed by atoms with van der Waals surface area (Å²) in [5.74, 6) is 0.164. The number of carbonyl (C=O) groups excluding carboxylic acids is 1. The first kappa shape index (κ1) is 14.4. The van der Waals surface area contributed by atoms with E-state index in [9.17, 15) is 9.90 Å². The Kier molecular flexibility index (Phi) is 4.90. The number of thiazole rings is 1. The fourth-order valence-electron chi connectivity index (χ4n) is 2.39. The van der Waals surface area contributed by atoms with Gasteiger partial charge in [-0.15, -0.1) is 11.3 Å². The van der Waals surface area contributed by atoms with E-state index in [4.69, 9.17) is 0 Å². The SMILES string of the molecule is Cc1nc(CN(C)CC(O)CN2CCCC2=O)cs1. The molecule has 1 N–H and O–H groups in total. The molecule has 2 heterocycles. The van der Waals surface area contributed by atoms with Crippen LogP contribution >= 0.6 is 11.3 Å². The summed E-state index contributed by atoms with van der Waals surface area (Å²) in [6, 6.07) is 0. The molecular weight excluding hydrogens is 262 g/mol. The number of aromatic nitrogens is 1. The molecule has 5 nitrogen and oxygen atoms in total. The molecule has 0 aromatic carbocycles. The van der Waals surface area contributed by atoms with Gasteiger partial charge in [0.2, 0.25) is 5.91 Å². The average molecular weight is 283 g/mol. The minimum Gasteiger partial charge on any atom is -0.390 e. The first-order valence-electron chi connectivity index (χ1n) is 6.60. The summed E-state index contributed by atoms with van der Waals surface area (Å²) >= 11 is 1.64. The van der Waals surface area contributed by atoms with Crippen LogP contribution in [0.5, 0.6) is 0 Å². The molecule has 19 heavy (non-hydrogen) atoms. The summed E-state index contributed by atoms with van der Waals surface area (Å²) in [5, 5.41) is 13.1. The topological polar surface area (TPSA) is 56.7 Å². The van der Waals surface area contributed by atoms with Crippen molar-refractivity contribution in [3.63, 3.8) is 0 Å². The van der Waals surface area contributed by atoms with Gasteiger partial charge in [0.1, 0.15) is 0 Å². The molecule has 0 bridgehead atoms. The maximum Gasteiger partial charge on any atom is 0.222 e. The smallest absolute Gasteiger partial charge is 0.222 e. The Morgan fingerprint density at radius 1 is 1.63 bits per heavy atom. The lowest BCUT2D eigenvalue weighted by Crippen LogP contribution is -2.39. The van der Waals surface area contributed by atoms with E-state index in [1.807, 2.05) is 24.3 Å². The highest BCUT2D eigenvalue weighted by atomic mass is 32.1. The van der Waals surface area contributed by atoms with E-state index >= 15 is 0 Å². The second kappa shape index (κ2) is 6.45. The molecule has 0 aliphatic carbocycles. The molecule has 1 fully saturated rings. The summed E-state index contributed by atoms with van der Waals surface area (Å²) in [6.45, 7) is 4.50. The molecule has 1 unspecified atom stereocenters. The van der Waals surface area contributed by atoms with Crippen LogP contribution in [0.25, 0.3) is 0 Å². The number of β-amino-alcohol motifs (C(OH)–C–C–N with tert-alkyl or cyclic N) is 1. The van der Waals surface area contributed by atoms with Crippen LogP contribution in [0, 0.1) is 6.92 Å². The fraction of sp³-hybridized carbons (Fsp3) is 0.692. The summed E-state index contributed by atoms with van der Waals surface area (Å²) in [7, 11) is 1.96. The van der Waals surface area contributed by atoms with Crippen molar-refractivity contribution in [3.05, 3.63) is 16.1 Å². The standard InChI is InChI=1S/C13H21N3O2S/c1-10-14-11(9-19-10)6-15(2)7-12(17)8-16-5-3-4-13(16)18/h9,12,17H,3-8H2,1-2H3. The third-order valence-corrected chi connectivity index (χ3v) is 4.05. The van der Waals surface area contributed by atoms with E-state index in [-0.39, 0.29) is 5.91 Å². The second-order valence-electron chi connectivity index (χ2n) is 5.15. The van der Waals surface area contributed by atoms with Crippen molar-refractivity contribution in [2.24, 2.45) is 0 Å². The normalized spacial score (nSPS) is 17.5. The van der Waals surface area contributed by atoms with Crippen molar-refractivity contribution < 1.29 is 9.90 Å². The summed E-state index contributed by atoms with van der Waals surface area (Å²) in [5.41, 5.74) is 1.04. The maximum atomic E-state index is 11.5. The minimum absolute atomic E-state index is 0.164. The number of likely N-dealkylation sites (N-methyl/N-ethyl adjacent to an activating group) is 1. The van der Waals surface area contributed by atoms with Crippen LogP contribution in [-0.2, 0) is 11.3 Å². The van der Waals surface area contributed by atoms with Gasteiger partial charge in [-0.2, -0.15) is 0 Å². The molecule has 1 atom stereocenters. The lowest BCUT2D eigenvalue weighted by molar-refractivity contribution is -0.129. The van der Waals surface area contributed by atoms with Crippen LogP contribution < -0.4 is 0 Å². The molecule has 0 radical (unpaired) electrons. The lowest BCUT2D eigenvalue weighted by Gasteiger charge is -2.24. The zero-order valence-electron chi connectivity index (χ0n) is 11.5. The predicted molar refractivity (Wildman–Crippen MR) is 75.0 cm³/mol. The Bertz CT molecular complexity index is 435.